The van der Waals surface area contributed by atoms with E-state index in [1.54, 1.807) is 7.11 Å². The summed E-state index contributed by atoms with van der Waals surface area (Å²) in [5.74, 6) is 0.830. The third-order valence-corrected chi connectivity index (χ3v) is 2.13. The predicted octanol–water partition coefficient (Wildman–Crippen LogP) is 1.60. The smallest absolute Gasteiger partial charge is 0.133 e. The van der Waals surface area contributed by atoms with Crippen molar-refractivity contribution in [3.8, 4) is 0 Å². The van der Waals surface area contributed by atoms with E-state index in [1.165, 1.54) is 0 Å². The average Bonchev–Trinajstić information content (AvgIpc) is 2.48. The van der Waals surface area contributed by atoms with Crippen LogP contribution in [-0.4, -0.2) is 17.1 Å². The topological polar surface area (TPSA) is 63.9 Å². The molecule has 0 fully saturated rings. The van der Waals surface area contributed by atoms with E-state index < -0.39 is 0 Å². The molecule has 0 amide bonds. The number of methoxy groups -OCH3 is 1. The van der Waals surface area contributed by atoms with Crippen molar-refractivity contribution in [2.24, 2.45) is 0 Å². The summed E-state index contributed by atoms with van der Waals surface area (Å²) in [6, 6.07) is 3.80. The maximum absolute atomic E-state index is 5.73. The van der Waals surface area contributed by atoms with Crippen LogP contribution in [0.1, 0.15) is 11.4 Å². The maximum atomic E-state index is 5.73. The molecule has 4 heteroatoms. The Bertz CT molecular complexity index is 462. The Morgan fingerprint density at radius 2 is 2.29 bits per heavy atom. The van der Waals surface area contributed by atoms with Gasteiger partial charge in [0.25, 0.3) is 0 Å². The van der Waals surface area contributed by atoms with Crippen molar-refractivity contribution < 1.29 is 4.74 Å². The molecule has 2 rings (SSSR count). The lowest BCUT2D eigenvalue weighted by atomic mass is 10.2. The molecule has 14 heavy (non-hydrogen) atoms. The summed E-state index contributed by atoms with van der Waals surface area (Å²) in [7, 11) is 1.65. The minimum atomic E-state index is 0.494. The molecule has 0 aliphatic carbocycles. The Morgan fingerprint density at radius 3 is 3.00 bits per heavy atom. The van der Waals surface area contributed by atoms with Gasteiger partial charge in [0, 0.05) is 12.8 Å². The second kappa shape index (κ2) is 3.31. The first-order chi connectivity index (χ1) is 6.70. The molecular weight excluding hydrogens is 178 g/mol. The summed E-state index contributed by atoms with van der Waals surface area (Å²) in [5.41, 5.74) is 9.49. The van der Waals surface area contributed by atoms with Crippen molar-refractivity contribution in [2.75, 3.05) is 12.8 Å². The van der Waals surface area contributed by atoms with Crippen LogP contribution in [0.15, 0.2) is 12.1 Å². The van der Waals surface area contributed by atoms with Gasteiger partial charge in [-0.15, -0.1) is 0 Å². The largest absolute Gasteiger partial charge is 0.399 e. The van der Waals surface area contributed by atoms with Gasteiger partial charge in [-0.3, -0.25) is 0 Å². The number of benzene rings is 1. The molecule has 0 spiro atoms. The lowest BCUT2D eigenvalue weighted by molar-refractivity contribution is 0.179. The van der Waals surface area contributed by atoms with Crippen LogP contribution in [0.2, 0.25) is 0 Å². The number of anilines is 1. The molecule has 0 saturated heterocycles. The number of nitrogens with one attached hydrogen (secondary N) is 1. The normalized spacial score (nSPS) is 11.0. The number of nitrogens with zero attached hydrogens (tertiary/aromatic N) is 1. The number of aromatic amines is 1. The van der Waals surface area contributed by atoms with Gasteiger partial charge in [0.1, 0.15) is 12.4 Å². The van der Waals surface area contributed by atoms with Crippen molar-refractivity contribution in [2.45, 2.75) is 13.5 Å². The number of hydrogen-bond donors (Lipinski definition) is 2. The standard InChI is InChI=1S/C10H13N3O/c1-6-3-7(11)4-8-10(6)13-9(12-8)5-14-2/h3-4H,5,11H2,1-2H3,(H,12,13). The van der Waals surface area contributed by atoms with E-state index in [1.807, 2.05) is 19.1 Å². The number of fused-ring (bicyclic) bond motifs is 1. The summed E-state index contributed by atoms with van der Waals surface area (Å²) in [4.78, 5) is 7.57. The van der Waals surface area contributed by atoms with Crippen LogP contribution in [-0.2, 0) is 11.3 Å². The molecule has 74 valence electrons. The fraction of sp³-hybridized carbons (Fsp3) is 0.300. The summed E-state index contributed by atoms with van der Waals surface area (Å²) >= 11 is 0. The fourth-order valence-electron chi connectivity index (χ4n) is 1.57. The fourth-order valence-corrected chi connectivity index (χ4v) is 1.57. The molecule has 1 heterocycles. The number of aromatic nitrogens is 2. The second-order valence-corrected chi connectivity index (χ2v) is 3.35. The summed E-state index contributed by atoms with van der Waals surface area (Å²) < 4.78 is 5.00. The number of ether oxygens (including phenoxy) is 1. The minimum absolute atomic E-state index is 0.494. The first-order valence-electron chi connectivity index (χ1n) is 4.44. The quantitative estimate of drug-likeness (QED) is 0.708. The van der Waals surface area contributed by atoms with E-state index in [0.717, 1.165) is 28.1 Å². The van der Waals surface area contributed by atoms with Crippen LogP contribution < -0.4 is 5.73 Å². The molecule has 3 N–H and O–H groups in total. The van der Waals surface area contributed by atoms with Crippen LogP contribution in [0.5, 0.6) is 0 Å². The third-order valence-electron chi connectivity index (χ3n) is 2.13. The zero-order valence-corrected chi connectivity index (χ0v) is 8.29. The molecule has 2 aromatic rings. The van der Waals surface area contributed by atoms with Gasteiger partial charge in [0.15, 0.2) is 0 Å². The Morgan fingerprint density at radius 1 is 1.50 bits per heavy atom. The van der Waals surface area contributed by atoms with Crippen molar-refractivity contribution in [1.29, 1.82) is 0 Å². The van der Waals surface area contributed by atoms with Gasteiger partial charge in [-0.2, -0.15) is 0 Å². The van der Waals surface area contributed by atoms with Crippen LogP contribution in [0.25, 0.3) is 11.0 Å². The molecule has 0 radical (unpaired) electrons. The Labute approximate surface area is 82.1 Å². The van der Waals surface area contributed by atoms with Crippen LogP contribution in [0, 0.1) is 6.92 Å². The highest BCUT2D eigenvalue weighted by molar-refractivity contribution is 5.82. The van der Waals surface area contributed by atoms with E-state index in [0.29, 0.717) is 6.61 Å². The molecule has 4 nitrogen and oxygen atoms in total. The average molecular weight is 191 g/mol. The lowest BCUT2D eigenvalue weighted by Crippen LogP contribution is -1.88. The maximum Gasteiger partial charge on any atom is 0.133 e. The van der Waals surface area contributed by atoms with Crippen LogP contribution in [0.3, 0.4) is 0 Å². The zero-order valence-electron chi connectivity index (χ0n) is 8.29. The van der Waals surface area contributed by atoms with E-state index >= 15 is 0 Å². The summed E-state index contributed by atoms with van der Waals surface area (Å²) in [5, 5.41) is 0. The minimum Gasteiger partial charge on any atom is -0.399 e. The van der Waals surface area contributed by atoms with E-state index in [-0.39, 0.29) is 0 Å². The number of H-pyrrole nitrogens is 1. The SMILES string of the molecule is COCc1nc2c(C)cc(N)cc2[nH]1. The number of aryl methyl sites for hydroxylation is 1. The highest BCUT2D eigenvalue weighted by atomic mass is 16.5. The summed E-state index contributed by atoms with van der Waals surface area (Å²) in [6.45, 7) is 2.49. The zero-order chi connectivity index (χ0) is 10.1. The van der Waals surface area contributed by atoms with Crippen molar-refractivity contribution >= 4 is 16.7 Å². The number of rotatable bonds is 2. The van der Waals surface area contributed by atoms with E-state index in [4.69, 9.17) is 10.5 Å². The first-order valence-corrected chi connectivity index (χ1v) is 4.44. The second-order valence-electron chi connectivity index (χ2n) is 3.35. The molecule has 0 bridgehead atoms. The molecular formula is C10H13N3O. The molecule has 0 aliphatic heterocycles. The van der Waals surface area contributed by atoms with Gasteiger partial charge >= 0.3 is 0 Å². The molecule has 0 unspecified atom stereocenters. The summed E-state index contributed by atoms with van der Waals surface area (Å²) in [6.07, 6.45) is 0. The number of hydrogen-bond acceptors (Lipinski definition) is 3. The van der Waals surface area contributed by atoms with Crippen molar-refractivity contribution in [1.82, 2.24) is 9.97 Å². The van der Waals surface area contributed by atoms with Gasteiger partial charge in [0.2, 0.25) is 0 Å². The van der Waals surface area contributed by atoms with Gasteiger partial charge in [-0.1, -0.05) is 0 Å². The highest BCUT2D eigenvalue weighted by Crippen LogP contribution is 2.19. The van der Waals surface area contributed by atoms with E-state index in [9.17, 15) is 0 Å². The Kier molecular flexibility index (Phi) is 2.13. The molecule has 1 aromatic heterocycles. The number of imidazole rings is 1. The lowest BCUT2D eigenvalue weighted by Gasteiger charge is -1.96. The van der Waals surface area contributed by atoms with Gasteiger partial charge in [0.05, 0.1) is 11.0 Å². The predicted molar refractivity (Wildman–Crippen MR) is 56.0 cm³/mol. The van der Waals surface area contributed by atoms with Gasteiger partial charge < -0.3 is 15.5 Å². The molecule has 0 atom stereocenters. The first kappa shape index (κ1) is 9.02. The van der Waals surface area contributed by atoms with Crippen LogP contribution in [0.4, 0.5) is 5.69 Å². The van der Waals surface area contributed by atoms with Crippen LogP contribution >= 0.6 is 0 Å². The highest BCUT2D eigenvalue weighted by Gasteiger charge is 2.05. The molecule has 1 aromatic carbocycles. The third kappa shape index (κ3) is 1.44. The van der Waals surface area contributed by atoms with Gasteiger partial charge in [-0.05, 0) is 24.6 Å². The van der Waals surface area contributed by atoms with Crippen molar-refractivity contribution in [3.63, 3.8) is 0 Å². The molecule has 0 aliphatic rings. The van der Waals surface area contributed by atoms with E-state index in [2.05, 4.69) is 9.97 Å². The van der Waals surface area contributed by atoms with Crippen molar-refractivity contribution in [3.05, 3.63) is 23.5 Å². The Hall–Kier alpha value is -1.55. The number of nitrogen functional groups attached to an aromatic ring is 1. The molecule has 0 saturated carbocycles. The number of nitrogens with two attached hydrogens (primary N) is 1. The Balaban J connectivity index is 2.58. The van der Waals surface area contributed by atoms with Gasteiger partial charge in [-0.25, -0.2) is 4.98 Å². The monoisotopic (exact) mass is 191 g/mol.